The van der Waals surface area contributed by atoms with Crippen LogP contribution in [-0.4, -0.2) is 77.0 Å². The first-order valence-electron chi connectivity index (χ1n) is 12.9. The van der Waals surface area contributed by atoms with Crippen LogP contribution >= 0.6 is 11.8 Å². The fraction of sp³-hybridized carbons (Fsp3) is 0.414. The number of nitrogens with two attached hydrogens (primary N) is 1. The highest BCUT2D eigenvalue weighted by atomic mass is 32.2. The molecule has 1 unspecified atom stereocenters. The molecular weight excluding hydrogens is 519 g/mol. The molecule has 4 rings (SSSR count). The predicted octanol–water partition coefficient (Wildman–Crippen LogP) is 2.48. The maximum Gasteiger partial charge on any atom is 0.247 e. The summed E-state index contributed by atoms with van der Waals surface area (Å²) in [7, 11) is 0. The molecule has 2 aliphatic rings. The van der Waals surface area contributed by atoms with Crippen LogP contribution in [0.25, 0.3) is 0 Å². The number of carbonyl (C=O) groups is 3. The summed E-state index contributed by atoms with van der Waals surface area (Å²) in [5, 5.41) is 3.60. The monoisotopic (exact) mass is 554 g/mol. The average molecular weight is 555 g/mol. The number of hydrogen-bond donors (Lipinski definition) is 2. The first-order chi connectivity index (χ1) is 18.5. The number of ether oxygens (including phenoxy) is 1. The third-order valence-electron chi connectivity index (χ3n) is 7.06. The van der Waals surface area contributed by atoms with Crippen molar-refractivity contribution in [2.24, 2.45) is 5.73 Å². The molecule has 0 aliphatic carbocycles. The van der Waals surface area contributed by atoms with Crippen molar-refractivity contribution in [2.75, 3.05) is 32.5 Å². The number of carbonyl (C=O) groups excluding carboxylic acids is 3. The van der Waals surface area contributed by atoms with Crippen molar-refractivity contribution in [3.05, 3.63) is 82.6 Å². The minimum Gasteiger partial charge on any atom is -0.374 e. The Morgan fingerprint density at radius 1 is 1.13 bits per heavy atom. The molecule has 2 aromatic carbocycles. The molecule has 8 nitrogen and oxygen atoms in total. The predicted molar refractivity (Wildman–Crippen MR) is 149 cm³/mol. The van der Waals surface area contributed by atoms with E-state index in [4.69, 9.17) is 10.5 Å². The van der Waals surface area contributed by atoms with Crippen LogP contribution in [0.5, 0.6) is 0 Å². The highest BCUT2D eigenvalue weighted by Gasteiger charge is 2.52. The van der Waals surface area contributed by atoms with Crippen molar-refractivity contribution >= 4 is 29.4 Å². The summed E-state index contributed by atoms with van der Waals surface area (Å²) < 4.78 is 19.4. The molecule has 39 heavy (non-hydrogen) atoms. The smallest absolute Gasteiger partial charge is 0.247 e. The first-order valence-corrected chi connectivity index (χ1v) is 14.1. The second-order valence-electron chi connectivity index (χ2n) is 10.5. The fourth-order valence-corrected chi connectivity index (χ4v) is 5.63. The molecule has 0 bridgehead atoms. The minimum atomic E-state index is -1.20. The summed E-state index contributed by atoms with van der Waals surface area (Å²) in [4.78, 5) is 43.8. The zero-order valence-corrected chi connectivity index (χ0v) is 23.3. The Morgan fingerprint density at radius 2 is 1.82 bits per heavy atom. The summed E-state index contributed by atoms with van der Waals surface area (Å²) in [5.41, 5.74) is 5.52. The Morgan fingerprint density at radius 3 is 2.46 bits per heavy atom. The molecule has 1 saturated heterocycles. The van der Waals surface area contributed by atoms with Crippen LogP contribution in [0.3, 0.4) is 0 Å². The van der Waals surface area contributed by atoms with Crippen molar-refractivity contribution in [3.8, 4) is 0 Å². The second-order valence-corrected chi connectivity index (χ2v) is 11.4. The van der Waals surface area contributed by atoms with E-state index in [0.717, 1.165) is 16.2 Å². The van der Waals surface area contributed by atoms with Gasteiger partial charge in [-0.15, -0.1) is 11.8 Å². The van der Waals surface area contributed by atoms with E-state index in [1.807, 2.05) is 36.6 Å². The number of rotatable bonds is 10. The minimum absolute atomic E-state index is 0.0526. The molecule has 2 aliphatic heterocycles. The van der Waals surface area contributed by atoms with E-state index in [0.29, 0.717) is 19.5 Å². The standard InChI is InChI=1S/C29H35FN4O4S/c1-28(2,31)27(37)32-23(18-38-17-21-7-5-4-6-8-21)26(36)33-13-14-34-25(39-3)15-24(35)29(34,19-33)16-20-9-11-22(30)12-10-20/h4-12,15,23H,13-14,16-19,31H2,1-3H3,(H,32,37)/t23-,29?/m1/s1. The number of halogens is 1. The number of hydrogen-bond acceptors (Lipinski definition) is 7. The summed E-state index contributed by atoms with van der Waals surface area (Å²) in [6.07, 6.45) is 3.85. The van der Waals surface area contributed by atoms with Gasteiger partial charge in [0.2, 0.25) is 11.8 Å². The highest BCUT2D eigenvalue weighted by molar-refractivity contribution is 8.02. The lowest BCUT2D eigenvalue weighted by Crippen LogP contribution is -2.67. The summed E-state index contributed by atoms with van der Waals surface area (Å²) >= 11 is 1.48. The molecule has 208 valence electrons. The number of benzene rings is 2. The van der Waals surface area contributed by atoms with Crippen molar-refractivity contribution in [3.63, 3.8) is 0 Å². The lowest BCUT2D eigenvalue weighted by Gasteiger charge is -2.48. The van der Waals surface area contributed by atoms with Gasteiger partial charge in [0, 0.05) is 25.6 Å². The van der Waals surface area contributed by atoms with Crippen molar-refractivity contribution < 1.29 is 23.5 Å². The quantitative estimate of drug-likeness (QED) is 0.465. The first kappa shape index (κ1) is 28.8. The lowest BCUT2D eigenvalue weighted by molar-refractivity contribution is -0.145. The lowest BCUT2D eigenvalue weighted by atomic mass is 9.84. The van der Waals surface area contributed by atoms with E-state index in [1.165, 1.54) is 23.9 Å². The zero-order chi connectivity index (χ0) is 28.2. The van der Waals surface area contributed by atoms with Crippen LogP contribution in [0.1, 0.15) is 25.0 Å². The van der Waals surface area contributed by atoms with E-state index >= 15 is 0 Å². The molecule has 0 saturated carbocycles. The van der Waals surface area contributed by atoms with Crippen LogP contribution < -0.4 is 11.1 Å². The number of nitrogens with zero attached hydrogens (tertiary/aromatic N) is 2. The van der Waals surface area contributed by atoms with Gasteiger partial charge in [0.1, 0.15) is 17.4 Å². The van der Waals surface area contributed by atoms with Crippen LogP contribution in [0.4, 0.5) is 4.39 Å². The van der Waals surface area contributed by atoms with Crippen molar-refractivity contribution in [1.29, 1.82) is 0 Å². The number of fused-ring (bicyclic) bond motifs is 1. The Bertz CT molecular complexity index is 1230. The van der Waals surface area contributed by atoms with E-state index in [2.05, 4.69) is 10.2 Å². The number of piperazine rings is 1. The summed E-state index contributed by atoms with van der Waals surface area (Å²) in [6, 6.07) is 14.6. The zero-order valence-electron chi connectivity index (χ0n) is 22.5. The number of thioether (sulfide) groups is 1. The maximum atomic E-state index is 13.9. The largest absolute Gasteiger partial charge is 0.374 e. The van der Waals surface area contributed by atoms with Crippen molar-refractivity contribution in [1.82, 2.24) is 15.1 Å². The molecule has 1 fully saturated rings. The highest BCUT2D eigenvalue weighted by Crippen LogP contribution is 2.39. The Balaban J connectivity index is 1.56. The summed E-state index contributed by atoms with van der Waals surface area (Å²) in [5.74, 6) is -1.28. The number of ketones is 1. The van der Waals surface area contributed by atoms with Gasteiger partial charge in [-0.05, 0) is 43.4 Å². The Hall–Kier alpha value is -3.21. The number of amides is 2. The molecule has 10 heteroatoms. The van der Waals surface area contributed by atoms with Crippen LogP contribution in [0.2, 0.25) is 0 Å². The fourth-order valence-electron chi connectivity index (χ4n) is 4.92. The van der Waals surface area contributed by atoms with Crippen LogP contribution in [0, 0.1) is 5.82 Å². The molecule has 2 aromatic rings. The maximum absolute atomic E-state index is 13.9. The van der Waals surface area contributed by atoms with E-state index in [1.54, 1.807) is 37.0 Å². The third kappa shape index (κ3) is 6.51. The van der Waals surface area contributed by atoms with E-state index < -0.39 is 23.0 Å². The van der Waals surface area contributed by atoms with E-state index in [9.17, 15) is 18.8 Å². The molecular formula is C29H35FN4O4S. The third-order valence-corrected chi connectivity index (χ3v) is 7.81. The van der Waals surface area contributed by atoms with Gasteiger partial charge in [0.05, 0.1) is 30.3 Å². The molecule has 0 radical (unpaired) electrons. The molecule has 0 aromatic heterocycles. The summed E-state index contributed by atoms with van der Waals surface area (Å²) in [6.45, 7) is 4.29. The Labute approximate surface area is 232 Å². The molecule has 0 spiro atoms. The second kappa shape index (κ2) is 11.9. The van der Waals surface area contributed by atoms with Gasteiger partial charge < -0.3 is 25.6 Å². The normalized spacial score (nSPS) is 19.9. The van der Waals surface area contributed by atoms with Gasteiger partial charge in [0.25, 0.3) is 0 Å². The average Bonchev–Trinajstić information content (AvgIpc) is 3.19. The van der Waals surface area contributed by atoms with E-state index in [-0.39, 0.29) is 37.3 Å². The number of nitrogens with one attached hydrogen (secondary N) is 1. The topological polar surface area (TPSA) is 105 Å². The molecule has 3 N–H and O–H groups in total. The molecule has 2 amide bonds. The van der Waals surface area contributed by atoms with Crippen LogP contribution in [0.15, 0.2) is 65.7 Å². The van der Waals surface area contributed by atoms with Gasteiger partial charge in [-0.2, -0.15) is 0 Å². The molecule has 2 atom stereocenters. The van der Waals surface area contributed by atoms with Crippen molar-refractivity contribution in [2.45, 2.75) is 44.0 Å². The Kier molecular flexibility index (Phi) is 8.78. The van der Waals surface area contributed by atoms with Gasteiger partial charge in [-0.25, -0.2) is 4.39 Å². The van der Waals surface area contributed by atoms with Crippen LogP contribution in [-0.2, 0) is 32.1 Å². The van der Waals surface area contributed by atoms with Gasteiger partial charge in [-0.3, -0.25) is 14.4 Å². The molecule has 2 heterocycles. The van der Waals surface area contributed by atoms with Gasteiger partial charge in [-0.1, -0.05) is 42.5 Å². The van der Waals surface area contributed by atoms with Gasteiger partial charge >= 0.3 is 0 Å². The SMILES string of the molecule is CSC1=CC(=O)C2(Cc3ccc(F)cc3)CN(C(=O)[C@@H](COCc3ccccc3)NC(=O)C(C)(C)N)CCN12. The van der Waals surface area contributed by atoms with Gasteiger partial charge in [0.15, 0.2) is 5.78 Å².